The average Bonchev–Trinajstić information content (AvgIpc) is 2.11. The molecule has 1 fully saturated rings. The molecule has 1 atom stereocenters. The second-order valence-corrected chi connectivity index (χ2v) is 4.06. The van der Waals surface area contributed by atoms with Gasteiger partial charge in [0.1, 0.15) is 0 Å². The molecule has 1 heteroatoms. The van der Waals surface area contributed by atoms with Crippen molar-refractivity contribution in [2.45, 2.75) is 51.9 Å². The number of hydrogen-bond donors (Lipinski definition) is 0. The normalized spacial score (nSPS) is 29.2. The van der Waals surface area contributed by atoms with E-state index in [-0.39, 0.29) is 0 Å². The molecule has 1 heterocycles. The van der Waals surface area contributed by atoms with Crippen LogP contribution in [-0.4, -0.2) is 13.2 Å². The third-order valence-corrected chi connectivity index (χ3v) is 2.74. The summed E-state index contributed by atoms with van der Waals surface area (Å²) < 4.78 is 5.54. The van der Waals surface area contributed by atoms with Gasteiger partial charge in [0.25, 0.3) is 0 Å². The second kappa shape index (κ2) is 6.47. The summed E-state index contributed by atoms with van der Waals surface area (Å²) in [6.45, 7) is 4.33. The highest BCUT2D eigenvalue weighted by atomic mass is 16.5. The second-order valence-electron chi connectivity index (χ2n) is 4.06. The van der Waals surface area contributed by atoms with Crippen LogP contribution in [0.3, 0.4) is 0 Å². The lowest BCUT2D eigenvalue weighted by Gasteiger charge is -2.09. The number of rotatable bonds is 0. The fourth-order valence-corrected chi connectivity index (χ4v) is 1.76. The van der Waals surface area contributed by atoms with Crippen LogP contribution in [-0.2, 0) is 4.74 Å². The molecular formula is C11H22O. The minimum atomic E-state index is 0.878. The Morgan fingerprint density at radius 3 is 2.50 bits per heavy atom. The predicted molar refractivity (Wildman–Crippen MR) is 52.3 cm³/mol. The third-order valence-electron chi connectivity index (χ3n) is 2.74. The zero-order chi connectivity index (χ0) is 8.65. The Hall–Kier alpha value is -0.0400. The Labute approximate surface area is 76.5 Å². The van der Waals surface area contributed by atoms with Gasteiger partial charge in [0.05, 0.1) is 0 Å². The summed E-state index contributed by atoms with van der Waals surface area (Å²) in [5.74, 6) is 0.878. The smallest absolute Gasteiger partial charge is 0.0468 e. The Kier molecular flexibility index (Phi) is 5.42. The van der Waals surface area contributed by atoms with E-state index >= 15 is 0 Å². The summed E-state index contributed by atoms with van der Waals surface area (Å²) in [5, 5.41) is 0. The molecule has 1 aliphatic rings. The molecule has 0 amide bonds. The van der Waals surface area contributed by atoms with E-state index in [1.54, 1.807) is 0 Å². The Bertz CT molecular complexity index is 89.2. The molecule has 0 aromatic carbocycles. The van der Waals surface area contributed by atoms with Crippen molar-refractivity contribution >= 4 is 0 Å². The molecule has 1 nitrogen and oxygen atoms in total. The summed E-state index contributed by atoms with van der Waals surface area (Å²) in [7, 11) is 0. The molecule has 0 radical (unpaired) electrons. The molecule has 0 aromatic heterocycles. The fraction of sp³-hybridized carbons (Fsp3) is 1.00. The van der Waals surface area contributed by atoms with Crippen molar-refractivity contribution in [1.82, 2.24) is 0 Å². The van der Waals surface area contributed by atoms with Gasteiger partial charge in [0.15, 0.2) is 0 Å². The zero-order valence-electron chi connectivity index (χ0n) is 8.35. The molecular weight excluding hydrogens is 148 g/mol. The van der Waals surface area contributed by atoms with E-state index in [1.165, 1.54) is 44.9 Å². The van der Waals surface area contributed by atoms with Gasteiger partial charge in [-0.1, -0.05) is 39.0 Å². The van der Waals surface area contributed by atoms with Crippen LogP contribution in [0.5, 0.6) is 0 Å². The largest absolute Gasteiger partial charge is 0.381 e. The van der Waals surface area contributed by atoms with E-state index in [9.17, 15) is 0 Å². The SMILES string of the molecule is CC1CCCCCCCOCC1. The highest BCUT2D eigenvalue weighted by molar-refractivity contribution is 4.55. The lowest BCUT2D eigenvalue weighted by Crippen LogP contribution is -2.02. The molecule has 0 bridgehead atoms. The van der Waals surface area contributed by atoms with E-state index in [1.807, 2.05) is 0 Å². The number of hydrogen-bond acceptors (Lipinski definition) is 1. The van der Waals surface area contributed by atoms with Gasteiger partial charge < -0.3 is 4.74 Å². The molecule has 1 unspecified atom stereocenters. The van der Waals surface area contributed by atoms with Gasteiger partial charge in [-0.3, -0.25) is 0 Å². The molecule has 1 saturated heterocycles. The molecule has 1 aliphatic heterocycles. The van der Waals surface area contributed by atoms with Crippen molar-refractivity contribution in [2.24, 2.45) is 5.92 Å². The van der Waals surface area contributed by atoms with Crippen LogP contribution in [0, 0.1) is 5.92 Å². The van der Waals surface area contributed by atoms with E-state index in [0.717, 1.165) is 19.1 Å². The first-order chi connectivity index (χ1) is 5.89. The maximum atomic E-state index is 5.54. The summed E-state index contributed by atoms with van der Waals surface area (Å²) >= 11 is 0. The van der Waals surface area contributed by atoms with Crippen molar-refractivity contribution in [3.05, 3.63) is 0 Å². The van der Waals surface area contributed by atoms with Gasteiger partial charge in [0, 0.05) is 13.2 Å². The van der Waals surface area contributed by atoms with Gasteiger partial charge in [-0.15, -0.1) is 0 Å². The maximum Gasteiger partial charge on any atom is 0.0468 e. The van der Waals surface area contributed by atoms with Crippen molar-refractivity contribution in [2.75, 3.05) is 13.2 Å². The standard InChI is InChI=1S/C11H22O/c1-11-7-5-3-2-4-6-9-12-10-8-11/h11H,2-10H2,1H3. The molecule has 12 heavy (non-hydrogen) atoms. The molecule has 0 aromatic rings. The third kappa shape index (κ3) is 4.76. The van der Waals surface area contributed by atoms with E-state index in [0.29, 0.717) is 0 Å². The summed E-state index contributed by atoms with van der Waals surface area (Å²) in [4.78, 5) is 0. The van der Waals surface area contributed by atoms with Crippen LogP contribution in [0.25, 0.3) is 0 Å². The van der Waals surface area contributed by atoms with E-state index in [4.69, 9.17) is 4.74 Å². The Morgan fingerprint density at radius 2 is 1.58 bits per heavy atom. The molecule has 1 rings (SSSR count). The molecule has 0 N–H and O–H groups in total. The van der Waals surface area contributed by atoms with Crippen molar-refractivity contribution in [1.29, 1.82) is 0 Å². The topological polar surface area (TPSA) is 9.23 Å². The number of ether oxygens (including phenoxy) is 1. The lowest BCUT2D eigenvalue weighted by atomic mass is 10.00. The van der Waals surface area contributed by atoms with Crippen molar-refractivity contribution in [3.8, 4) is 0 Å². The average molecular weight is 170 g/mol. The van der Waals surface area contributed by atoms with E-state index < -0.39 is 0 Å². The van der Waals surface area contributed by atoms with Crippen LogP contribution in [0.2, 0.25) is 0 Å². The molecule has 0 spiro atoms. The fourth-order valence-electron chi connectivity index (χ4n) is 1.76. The highest BCUT2D eigenvalue weighted by Crippen LogP contribution is 2.15. The molecule has 0 saturated carbocycles. The van der Waals surface area contributed by atoms with E-state index in [2.05, 4.69) is 6.92 Å². The van der Waals surface area contributed by atoms with Gasteiger partial charge in [0.2, 0.25) is 0 Å². The summed E-state index contributed by atoms with van der Waals surface area (Å²) in [6.07, 6.45) is 9.59. The van der Waals surface area contributed by atoms with Gasteiger partial charge in [-0.2, -0.15) is 0 Å². The zero-order valence-corrected chi connectivity index (χ0v) is 8.35. The van der Waals surface area contributed by atoms with Crippen molar-refractivity contribution < 1.29 is 4.74 Å². The van der Waals surface area contributed by atoms with Gasteiger partial charge >= 0.3 is 0 Å². The maximum absolute atomic E-state index is 5.54. The molecule has 0 aliphatic carbocycles. The quantitative estimate of drug-likeness (QED) is 0.541. The van der Waals surface area contributed by atoms with Crippen LogP contribution in [0.4, 0.5) is 0 Å². The Morgan fingerprint density at radius 1 is 0.833 bits per heavy atom. The Balaban J connectivity index is 2.13. The van der Waals surface area contributed by atoms with Crippen LogP contribution in [0.1, 0.15) is 51.9 Å². The minimum absolute atomic E-state index is 0.878. The first kappa shape index (κ1) is 10.0. The van der Waals surface area contributed by atoms with Crippen LogP contribution in [0.15, 0.2) is 0 Å². The first-order valence-corrected chi connectivity index (χ1v) is 5.47. The highest BCUT2D eigenvalue weighted by Gasteiger charge is 2.03. The monoisotopic (exact) mass is 170 g/mol. The van der Waals surface area contributed by atoms with Crippen LogP contribution >= 0.6 is 0 Å². The van der Waals surface area contributed by atoms with Gasteiger partial charge in [-0.05, 0) is 18.8 Å². The van der Waals surface area contributed by atoms with Crippen molar-refractivity contribution in [3.63, 3.8) is 0 Å². The minimum Gasteiger partial charge on any atom is -0.381 e. The summed E-state index contributed by atoms with van der Waals surface area (Å²) in [5.41, 5.74) is 0. The van der Waals surface area contributed by atoms with Gasteiger partial charge in [-0.25, -0.2) is 0 Å². The van der Waals surface area contributed by atoms with Crippen LogP contribution < -0.4 is 0 Å². The molecule has 72 valence electrons. The predicted octanol–water partition coefficient (Wildman–Crippen LogP) is 3.38. The summed E-state index contributed by atoms with van der Waals surface area (Å²) in [6, 6.07) is 0. The first-order valence-electron chi connectivity index (χ1n) is 5.47. The lowest BCUT2D eigenvalue weighted by molar-refractivity contribution is 0.118.